The van der Waals surface area contributed by atoms with Gasteiger partial charge in [-0.05, 0) is 48.7 Å². The van der Waals surface area contributed by atoms with Gasteiger partial charge in [-0.2, -0.15) is 4.31 Å². The van der Waals surface area contributed by atoms with Crippen molar-refractivity contribution in [3.8, 4) is 5.75 Å². The van der Waals surface area contributed by atoms with Crippen molar-refractivity contribution in [3.05, 3.63) is 59.4 Å². The summed E-state index contributed by atoms with van der Waals surface area (Å²) in [6.07, 6.45) is 3.70. The number of hydrogen-bond acceptors (Lipinski definition) is 4. The molecule has 2 aromatic carbocycles. The van der Waals surface area contributed by atoms with E-state index >= 15 is 0 Å². The molecule has 1 aliphatic heterocycles. The van der Waals surface area contributed by atoms with E-state index in [4.69, 9.17) is 4.74 Å². The van der Waals surface area contributed by atoms with E-state index in [9.17, 15) is 17.6 Å². The highest BCUT2D eigenvalue weighted by atomic mass is 32.2. The molecule has 0 radical (unpaired) electrons. The molecule has 162 valence electrons. The Bertz CT molecular complexity index is 1000. The fourth-order valence-electron chi connectivity index (χ4n) is 3.63. The Balaban J connectivity index is 1.89. The summed E-state index contributed by atoms with van der Waals surface area (Å²) in [5, 5.41) is 0. The Labute approximate surface area is 177 Å². The molecule has 0 N–H and O–H groups in total. The van der Waals surface area contributed by atoms with Crippen molar-refractivity contribution in [1.29, 1.82) is 0 Å². The van der Waals surface area contributed by atoms with E-state index in [0.29, 0.717) is 24.4 Å². The fourth-order valence-corrected chi connectivity index (χ4v) is 5.18. The smallest absolute Gasteiger partial charge is 0.257 e. The SMILES string of the molecule is COc1ccc(S(=O)(=O)N2CCCCCC2)cc1C(=O)N(C)Cc1cccc(F)c1. The van der Waals surface area contributed by atoms with Gasteiger partial charge in [0, 0.05) is 26.7 Å². The van der Waals surface area contributed by atoms with Crippen molar-refractivity contribution in [2.24, 2.45) is 0 Å². The maximum absolute atomic E-state index is 13.5. The van der Waals surface area contributed by atoms with Crippen molar-refractivity contribution in [2.45, 2.75) is 37.1 Å². The average Bonchev–Trinajstić information content (AvgIpc) is 3.03. The Morgan fingerprint density at radius 3 is 2.43 bits per heavy atom. The zero-order valence-corrected chi connectivity index (χ0v) is 18.1. The van der Waals surface area contributed by atoms with Gasteiger partial charge in [-0.1, -0.05) is 25.0 Å². The van der Waals surface area contributed by atoms with Crippen LogP contribution in [0.1, 0.15) is 41.6 Å². The summed E-state index contributed by atoms with van der Waals surface area (Å²) in [4.78, 5) is 14.6. The maximum Gasteiger partial charge on any atom is 0.257 e. The van der Waals surface area contributed by atoms with Gasteiger partial charge in [0.25, 0.3) is 5.91 Å². The highest BCUT2D eigenvalue weighted by molar-refractivity contribution is 7.89. The zero-order valence-electron chi connectivity index (χ0n) is 17.3. The van der Waals surface area contributed by atoms with E-state index in [1.54, 1.807) is 19.2 Å². The Morgan fingerprint density at radius 1 is 1.10 bits per heavy atom. The lowest BCUT2D eigenvalue weighted by Gasteiger charge is -2.22. The molecule has 1 fully saturated rings. The van der Waals surface area contributed by atoms with Crippen LogP contribution >= 0.6 is 0 Å². The fraction of sp³-hybridized carbons (Fsp3) is 0.409. The van der Waals surface area contributed by atoms with E-state index in [1.807, 2.05) is 0 Å². The van der Waals surface area contributed by atoms with Crippen LogP contribution in [0.15, 0.2) is 47.4 Å². The van der Waals surface area contributed by atoms with Crippen LogP contribution in [0.4, 0.5) is 4.39 Å². The van der Waals surface area contributed by atoms with Crippen molar-refractivity contribution >= 4 is 15.9 Å². The van der Waals surface area contributed by atoms with Crippen LogP contribution in [-0.2, 0) is 16.6 Å². The summed E-state index contributed by atoms with van der Waals surface area (Å²) in [7, 11) is -0.681. The van der Waals surface area contributed by atoms with Crippen molar-refractivity contribution in [1.82, 2.24) is 9.21 Å². The number of sulfonamides is 1. The van der Waals surface area contributed by atoms with Gasteiger partial charge in [0.05, 0.1) is 17.6 Å². The van der Waals surface area contributed by atoms with Crippen LogP contribution in [-0.4, -0.2) is 50.8 Å². The quantitative estimate of drug-likeness (QED) is 0.696. The standard InChI is InChI=1S/C22H27FN2O4S/c1-24(16-17-8-7-9-18(23)14-17)22(26)20-15-19(10-11-21(20)29-2)30(27,28)25-12-5-3-4-6-13-25/h7-11,14-15H,3-6,12-13,16H2,1-2H3. The van der Waals surface area contributed by atoms with Crippen LogP contribution in [0.3, 0.4) is 0 Å². The minimum atomic E-state index is -3.70. The van der Waals surface area contributed by atoms with Crippen LogP contribution in [0.5, 0.6) is 5.75 Å². The molecule has 0 aliphatic carbocycles. The van der Waals surface area contributed by atoms with Gasteiger partial charge in [0.2, 0.25) is 10.0 Å². The minimum absolute atomic E-state index is 0.0766. The molecule has 6 nitrogen and oxygen atoms in total. The number of benzene rings is 2. The molecule has 0 atom stereocenters. The monoisotopic (exact) mass is 434 g/mol. The number of carbonyl (C=O) groups is 1. The first-order chi connectivity index (χ1) is 14.3. The predicted molar refractivity (Wildman–Crippen MR) is 112 cm³/mol. The second-order valence-corrected chi connectivity index (χ2v) is 9.41. The second kappa shape index (κ2) is 9.57. The van der Waals surface area contributed by atoms with Crippen LogP contribution < -0.4 is 4.74 Å². The van der Waals surface area contributed by atoms with E-state index in [-0.39, 0.29) is 22.8 Å². The topological polar surface area (TPSA) is 66.9 Å². The van der Waals surface area contributed by atoms with Gasteiger partial charge in [-0.25, -0.2) is 12.8 Å². The largest absolute Gasteiger partial charge is 0.496 e. The first-order valence-corrected chi connectivity index (χ1v) is 11.4. The lowest BCUT2D eigenvalue weighted by Crippen LogP contribution is -2.32. The number of hydrogen-bond donors (Lipinski definition) is 0. The third-order valence-corrected chi connectivity index (χ3v) is 7.15. The van der Waals surface area contributed by atoms with E-state index in [2.05, 4.69) is 0 Å². The minimum Gasteiger partial charge on any atom is -0.496 e. The first kappa shape index (κ1) is 22.2. The molecule has 3 rings (SSSR count). The van der Waals surface area contributed by atoms with Crippen molar-refractivity contribution in [3.63, 3.8) is 0 Å². The Morgan fingerprint density at radius 2 is 1.80 bits per heavy atom. The Kier molecular flexibility index (Phi) is 7.10. The van der Waals surface area contributed by atoms with Crippen molar-refractivity contribution < 1.29 is 22.3 Å². The number of carbonyl (C=O) groups excluding carboxylic acids is 1. The summed E-state index contributed by atoms with van der Waals surface area (Å²) < 4.78 is 46.5. The highest BCUT2D eigenvalue weighted by Crippen LogP contribution is 2.27. The molecule has 1 amide bonds. The number of ether oxygens (including phenoxy) is 1. The van der Waals surface area contributed by atoms with Crippen LogP contribution in [0.25, 0.3) is 0 Å². The van der Waals surface area contributed by atoms with Crippen molar-refractivity contribution in [2.75, 3.05) is 27.2 Å². The van der Waals surface area contributed by atoms with E-state index in [0.717, 1.165) is 25.7 Å². The summed E-state index contributed by atoms with van der Waals surface area (Å²) in [6.45, 7) is 1.15. The van der Waals surface area contributed by atoms with Gasteiger partial charge >= 0.3 is 0 Å². The van der Waals surface area contributed by atoms with Crippen LogP contribution in [0, 0.1) is 5.82 Å². The molecule has 0 spiro atoms. The molecule has 1 aliphatic rings. The molecular formula is C22H27FN2O4S. The van der Waals surface area contributed by atoms with Gasteiger partial charge in [0.15, 0.2) is 0 Å². The van der Waals surface area contributed by atoms with Gasteiger partial charge in [-0.3, -0.25) is 4.79 Å². The zero-order chi connectivity index (χ0) is 21.7. The molecule has 1 saturated heterocycles. The molecule has 0 saturated carbocycles. The number of halogens is 1. The molecule has 2 aromatic rings. The third kappa shape index (κ3) is 4.99. The summed E-state index contributed by atoms with van der Waals surface area (Å²) in [5.41, 5.74) is 0.797. The van der Waals surface area contributed by atoms with Crippen LogP contribution in [0.2, 0.25) is 0 Å². The Hall–Kier alpha value is -2.45. The molecular weight excluding hydrogens is 407 g/mol. The maximum atomic E-state index is 13.5. The van der Waals surface area contributed by atoms with Gasteiger partial charge < -0.3 is 9.64 Å². The molecule has 30 heavy (non-hydrogen) atoms. The average molecular weight is 435 g/mol. The van der Waals surface area contributed by atoms with Gasteiger partial charge in [0.1, 0.15) is 11.6 Å². The number of rotatable bonds is 6. The van der Waals surface area contributed by atoms with Gasteiger partial charge in [-0.15, -0.1) is 0 Å². The highest BCUT2D eigenvalue weighted by Gasteiger charge is 2.27. The summed E-state index contributed by atoms with van der Waals surface area (Å²) >= 11 is 0. The molecule has 0 unspecified atom stereocenters. The normalized spacial score (nSPS) is 15.4. The summed E-state index contributed by atoms with van der Waals surface area (Å²) in [5.74, 6) is -0.485. The lowest BCUT2D eigenvalue weighted by atomic mass is 10.1. The number of methoxy groups -OCH3 is 1. The second-order valence-electron chi connectivity index (χ2n) is 7.47. The third-order valence-electron chi connectivity index (χ3n) is 5.26. The van der Waals surface area contributed by atoms with E-state index in [1.165, 1.54) is 46.6 Å². The van der Waals surface area contributed by atoms with E-state index < -0.39 is 15.9 Å². The molecule has 0 bridgehead atoms. The molecule has 1 heterocycles. The first-order valence-electron chi connectivity index (χ1n) is 10.0. The summed E-state index contributed by atoms with van der Waals surface area (Å²) in [6, 6.07) is 10.4. The predicted octanol–water partition coefficient (Wildman–Crippen LogP) is 3.67. The molecule has 0 aromatic heterocycles. The number of nitrogens with zero attached hydrogens (tertiary/aromatic N) is 2. The molecule has 8 heteroatoms. The number of amides is 1. The lowest BCUT2D eigenvalue weighted by molar-refractivity contribution is 0.0781.